The average Bonchev–Trinajstić information content (AvgIpc) is 2.35. The van der Waals surface area contributed by atoms with Gasteiger partial charge in [0.15, 0.2) is 5.82 Å². The molecule has 1 aromatic heterocycles. The van der Waals surface area contributed by atoms with E-state index in [2.05, 4.69) is 15.3 Å². The van der Waals surface area contributed by atoms with E-state index in [0.717, 1.165) is 0 Å². The first-order valence-corrected chi connectivity index (χ1v) is 5.50. The highest BCUT2D eigenvalue weighted by Crippen LogP contribution is 2.21. The number of nitrogens with zero attached hydrogens (tertiary/aromatic N) is 1. The van der Waals surface area contributed by atoms with Crippen LogP contribution in [-0.4, -0.2) is 15.1 Å². The van der Waals surface area contributed by atoms with Crippen molar-refractivity contribution in [3.8, 4) is 5.75 Å². The molecule has 6 nitrogen and oxygen atoms in total. The standard InChI is InChI=1S/C11H11ClN4O2/c12-9-10(15-5-16-11(9)18)14-4-6-3-7(13)1-2-8(6)17/h1-3,5,17H,4,13H2,(H2,14,15,16,18). The van der Waals surface area contributed by atoms with Crippen LogP contribution in [0.3, 0.4) is 0 Å². The number of aromatic nitrogens is 2. The van der Waals surface area contributed by atoms with Crippen LogP contribution >= 0.6 is 11.6 Å². The first kappa shape index (κ1) is 12.3. The number of H-pyrrole nitrogens is 1. The first-order chi connectivity index (χ1) is 8.58. The highest BCUT2D eigenvalue weighted by Gasteiger charge is 2.07. The number of phenolic OH excluding ortho intramolecular Hbond substituents is 1. The molecular weight excluding hydrogens is 256 g/mol. The minimum absolute atomic E-state index is 0.0270. The summed E-state index contributed by atoms with van der Waals surface area (Å²) >= 11 is 5.77. The molecular formula is C11H11ClN4O2. The third kappa shape index (κ3) is 2.54. The molecule has 1 aromatic carbocycles. The van der Waals surface area contributed by atoms with Crippen LogP contribution in [0, 0.1) is 0 Å². The maximum atomic E-state index is 11.2. The fourth-order valence-corrected chi connectivity index (χ4v) is 1.60. The molecule has 0 spiro atoms. The van der Waals surface area contributed by atoms with E-state index in [1.807, 2.05) is 0 Å². The Kier molecular flexibility index (Phi) is 3.38. The Morgan fingerprint density at radius 2 is 2.28 bits per heavy atom. The van der Waals surface area contributed by atoms with Crippen molar-refractivity contribution in [1.29, 1.82) is 0 Å². The molecule has 0 unspecified atom stereocenters. The van der Waals surface area contributed by atoms with Crippen LogP contribution in [0.25, 0.3) is 0 Å². The van der Waals surface area contributed by atoms with Crippen LogP contribution in [0.4, 0.5) is 11.5 Å². The molecule has 18 heavy (non-hydrogen) atoms. The highest BCUT2D eigenvalue weighted by atomic mass is 35.5. The third-order valence-electron chi connectivity index (χ3n) is 2.35. The van der Waals surface area contributed by atoms with Gasteiger partial charge in [-0.15, -0.1) is 0 Å². The summed E-state index contributed by atoms with van der Waals surface area (Å²) in [5.74, 6) is 0.361. The van der Waals surface area contributed by atoms with Crippen LogP contribution < -0.4 is 16.6 Å². The van der Waals surface area contributed by atoms with Crippen LogP contribution in [0.15, 0.2) is 29.3 Å². The number of anilines is 2. The van der Waals surface area contributed by atoms with Gasteiger partial charge in [0.2, 0.25) is 0 Å². The molecule has 1 heterocycles. The van der Waals surface area contributed by atoms with Crippen molar-refractivity contribution in [2.45, 2.75) is 6.54 Å². The number of halogens is 1. The van der Waals surface area contributed by atoms with Gasteiger partial charge in [0.05, 0.1) is 6.33 Å². The summed E-state index contributed by atoms with van der Waals surface area (Å²) in [7, 11) is 0. The SMILES string of the molecule is Nc1ccc(O)c(CNc2nc[nH]c(=O)c2Cl)c1. The third-order valence-corrected chi connectivity index (χ3v) is 2.70. The van der Waals surface area contributed by atoms with Gasteiger partial charge in [-0.2, -0.15) is 0 Å². The number of rotatable bonds is 3. The minimum atomic E-state index is -0.425. The fourth-order valence-electron chi connectivity index (χ4n) is 1.43. The summed E-state index contributed by atoms with van der Waals surface area (Å²) in [6, 6.07) is 4.72. The van der Waals surface area contributed by atoms with E-state index >= 15 is 0 Å². The van der Waals surface area contributed by atoms with Crippen LogP contribution in [-0.2, 0) is 6.54 Å². The van der Waals surface area contributed by atoms with Gasteiger partial charge in [-0.3, -0.25) is 4.79 Å². The van der Waals surface area contributed by atoms with Crippen molar-refractivity contribution < 1.29 is 5.11 Å². The predicted molar refractivity (Wildman–Crippen MR) is 69.7 cm³/mol. The van der Waals surface area contributed by atoms with Crippen molar-refractivity contribution in [2.75, 3.05) is 11.1 Å². The molecule has 2 rings (SSSR count). The maximum Gasteiger partial charge on any atom is 0.271 e. The molecule has 0 saturated heterocycles. The molecule has 0 saturated carbocycles. The van der Waals surface area contributed by atoms with E-state index in [0.29, 0.717) is 11.3 Å². The summed E-state index contributed by atoms with van der Waals surface area (Å²) in [6.45, 7) is 0.257. The van der Waals surface area contributed by atoms with Gasteiger partial charge in [-0.05, 0) is 18.2 Å². The Morgan fingerprint density at radius 1 is 1.50 bits per heavy atom. The molecule has 94 valence electrons. The van der Waals surface area contributed by atoms with Gasteiger partial charge >= 0.3 is 0 Å². The van der Waals surface area contributed by atoms with Gasteiger partial charge in [0.1, 0.15) is 10.8 Å². The van der Waals surface area contributed by atoms with Crippen molar-refractivity contribution in [2.24, 2.45) is 0 Å². The molecule has 7 heteroatoms. The largest absolute Gasteiger partial charge is 0.508 e. The number of nitrogens with one attached hydrogen (secondary N) is 2. The molecule has 0 aliphatic heterocycles. The normalized spacial score (nSPS) is 10.3. The molecule has 0 aliphatic carbocycles. The number of benzene rings is 1. The van der Waals surface area contributed by atoms with E-state index in [9.17, 15) is 9.90 Å². The summed E-state index contributed by atoms with van der Waals surface area (Å²) < 4.78 is 0. The van der Waals surface area contributed by atoms with Crippen LogP contribution in [0.5, 0.6) is 5.75 Å². The quantitative estimate of drug-likeness (QED) is 0.495. The van der Waals surface area contributed by atoms with Crippen LogP contribution in [0.2, 0.25) is 5.02 Å². The van der Waals surface area contributed by atoms with Crippen LogP contribution in [0.1, 0.15) is 5.56 Å². The number of hydrogen-bond donors (Lipinski definition) is 4. The lowest BCUT2D eigenvalue weighted by Gasteiger charge is -2.08. The zero-order chi connectivity index (χ0) is 13.1. The fraction of sp³-hybridized carbons (Fsp3) is 0.0909. The summed E-state index contributed by atoms with van der Waals surface area (Å²) in [6.07, 6.45) is 1.25. The van der Waals surface area contributed by atoms with Crippen molar-refractivity contribution in [3.05, 3.63) is 45.5 Å². The number of nitrogen functional groups attached to an aromatic ring is 1. The second kappa shape index (κ2) is 4.97. The lowest BCUT2D eigenvalue weighted by Crippen LogP contribution is -2.11. The Labute approximate surface area is 107 Å². The zero-order valence-corrected chi connectivity index (χ0v) is 10.0. The van der Waals surface area contributed by atoms with E-state index in [1.54, 1.807) is 12.1 Å². The lowest BCUT2D eigenvalue weighted by molar-refractivity contribution is 0.469. The summed E-state index contributed by atoms with van der Waals surface area (Å²) in [4.78, 5) is 17.5. The maximum absolute atomic E-state index is 11.2. The van der Waals surface area contributed by atoms with Gasteiger partial charge in [-0.25, -0.2) is 4.98 Å². The van der Waals surface area contributed by atoms with E-state index in [1.165, 1.54) is 12.4 Å². The number of aromatic hydroxyl groups is 1. The molecule has 5 N–H and O–H groups in total. The number of hydrogen-bond acceptors (Lipinski definition) is 5. The van der Waals surface area contributed by atoms with Gasteiger partial charge < -0.3 is 21.1 Å². The van der Waals surface area contributed by atoms with Crippen molar-refractivity contribution >= 4 is 23.1 Å². The summed E-state index contributed by atoms with van der Waals surface area (Å²) in [5.41, 5.74) is 6.32. The van der Waals surface area contributed by atoms with Gasteiger partial charge in [-0.1, -0.05) is 11.6 Å². The average molecular weight is 267 g/mol. The van der Waals surface area contributed by atoms with E-state index in [-0.39, 0.29) is 23.1 Å². The molecule has 0 bridgehead atoms. The number of aromatic amines is 1. The molecule has 0 amide bonds. The number of nitrogens with two attached hydrogens (primary N) is 1. The molecule has 0 fully saturated rings. The number of phenols is 1. The Hall–Kier alpha value is -2.21. The first-order valence-electron chi connectivity index (χ1n) is 5.12. The molecule has 0 aliphatic rings. The topological polar surface area (TPSA) is 104 Å². The monoisotopic (exact) mass is 266 g/mol. The molecule has 0 radical (unpaired) electrons. The minimum Gasteiger partial charge on any atom is -0.508 e. The van der Waals surface area contributed by atoms with Crippen molar-refractivity contribution in [3.63, 3.8) is 0 Å². The molecule has 0 atom stereocenters. The smallest absolute Gasteiger partial charge is 0.271 e. The van der Waals surface area contributed by atoms with E-state index < -0.39 is 5.56 Å². The Balaban J connectivity index is 2.19. The summed E-state index contributed by atoms with van der Waals surface area (Å²) in [5, 5.41) is 12.5. The lowest BCUT2D eigenvalue weighted by atomic mass is 10.2. The van der Waals surface area contributed by atoms with Crippen molar-refractivity contribution in [1.82, 2.24) is 9.97 Å². The predicted octanol–water partition coefficient (Wildman–Crippen LogP) is 1.32. The molecule has 2 aromatic rings. The Bertz CT molecular complexity index is 627. The highest BCUT2D eigenvalue weighted by molar-refractivity contribution is 6.32. The van der Waals surface area contributed by atoms with Gasteiger partial charge in [0, 0.05) is 17.8 Å². The Morgan fingerprint density at radius 3 is 3.06 bits per heavy atom. The second-order valence-electron chi connectivity index (χ2n) is 3.64. The van der Waals surface area contributed by atoms with E-state index in [4.69, 9.17) is 17.3 Å². The second-order valence-corrected chi connectivity index (χ2v) is 4.01. The van der Waals surface area contributed by atoms with Gasteiger partial charge in [0.25, 0.3) is 5.56 Å². The zero-order valence-electron chi connectivity index (χ0n) is 9.27.